The predicted octanol–water partition coefficient (Wildman–Crippen LogP) is 3.45. The van der Waals surface area contributed by atoms with Crippen molar-refractivity contribution in [3.63, 3.8) is 0 Å². The van der Waals surface area contributed by atoms with Crippen LogP contribution in [0.2, 0.25) is 0 Å². The van der Waals surface area contributed by atoms with E-state index in [2.05, 4.69) is 4.98 Å². The summed E-state index contributed by atoms with van der Waals surface area (Å²) in [6.07, 6.45) is 1.60. The average Bonchev–Trinajstić information content (AvgIpc) is 3.27. The third-order valence-electron chi connectivity index (χ3n) is 5.63. The number of methoxy groups -OCH3 is 1. The maximum absolute atomic E-state index is 13.6. The molecule has 33 heavy (non-hydrogen) atoms. The number of benzene rings is 3. The second-order valence-electron chi connectivity index (χ2n) is 7.69. The van der Waals surface area contributed by atoms with Gasteiger partial charge in [-0.2, -0.15) is 0 Å². The van der Waals surface area contributed by atoms with Gasteiger partial charge in [-0.05, 0) is 23.8 Å². The van der Waals surface area contributed by atoms with Gasteiger partial charge in [-0.1, -0.05) is 66.7 Å². The summed E-state index contributed by atoms with van der Waals surface area (Å²) in [4.78, 5) is 31.6. The lowest BCUT2D eigenvalue weighted by atomic mass is 10.2. The Kier molecular flexibility index (Phi) is 5.36. The van der Waals surface area contributed by atoms with E-state index in [-0.39, 0.29) is 12.1 Å². The molecule has 0 aliphatic rings. The molecule has 0 fully saturated rings. The number of hydrogen-bond acceptors (Lipinski definition) is 4. The molecule has 0 spiro atoms. The predicted molar refractivity (Wildman–Crippen MR) is 127 cm³/mol. The van der Waals surface area contributed by atoms with Gasteiger partial charge in [0.25, 0.3) is 5.56 Å². The standard InChI is InChI=1S/C26H22N4O3/c1-33-22-15-9-8-12-20(22)17-28-18-27-24-23(28)25(31)29(16-19-10-4-2-5-11-19)26(32)30(24)21-13-6-3-7-14-21/h2-15,18H,16-17H2,1H3. The molecule has 2 heterocycles. The molecule has 0 aliphatic heterocycles. The van der Waals surface area contributed by atoms with E-state index in [0.29, 0.717) is 23.4 Å². The van der Waals surface area contributed by atoms with E-state index in [4.69, 9.17) is 4.74 Å². The lowest BCUT2D eigenvalue weighted by Gasteiger charge is -2.13. The maximum Gasteiger partial charge on any atom is 0.337 e. The summed E-state index contributed by atoms with van der Waals surface area (Å²) in [5.74, 6) is 0.723. The molecule has 0 aliphatic carbocycles. The highest BCUT2D eigenvalue weighted by Crippen LogP contribution is 2.21. The summed E-state index contributed by atoms with van der Waals surface area (Å²) < 4.78 is 10.0. The highest BCUT2D eigenvalue weighted by Gasteiger charge is 2.20. The molecule has 0 radical (unpaired) electrons. The first-order valence-electron chi connectivity index (χ1n) is 10.6. The maximum atomic E-state index is 13.6. The Morgan fingerprint density at radius 1 is 0.818 bits per heavy atom. The van der Waals surface area contributed by atoms with Gasteiger partial charge in [0, 0.05) is 5.56 Å². The number of ether oxygens (including phenoxy) is 1. The molecule has 3 aromatic carbocycles. The number of para-hydroxylation sites is 2. The zero-order chi connectivity index (χ0) is 22.8. The first-order valence-corrected chi connectivity index (χ1v) is 10.6. The number of aromatic nitrogens is 4. The Bertz CT molecular complexity index is 1530. The molecule has 0 amide bonds. The molecular formula is C26H22N4O3. The van der Waals surface area contributed by atoms with Gasteiger partial charge in [0.15, 0.2) is 11.2 Å². The third-order valence-corrected chi connectivity index (χ3v) is 5.63. The number of fused-ring (bicyclic) bond motifs is 1. The highest BCUT2D eigenvalue weighted by molar-refractivity contribution is 5.72. The van der Waals surface area contributed by atoms with Gasteiger partial charge in [-0.3, -0.25) is 9.36 Å². The van der Waals surface area contributed by atoms with Gasteiger partial charge in [-0.15, -0.1) is 0 Å². The molecule has 164 valence electrons. The van der Waals surface area contributed by atoms with Crippen LogP contribution in [0.15, 0.2) is 101 Å². The molecule has 7 nitrogen and oxygen atoms in total. The Labute approximate surface area is 189 Å². The molecule has 0 saturated heterocycles. The minimum Gasteiger partial charge on any atom is -0.496 e. The van der Waals surface area contributed by atoms with Crippen molar-refractivity contribution >= 4 is 11.2 Å². The SMILES string of the molecule is COc1ccccc1Cn1cnc2c1c(=O)n(Cc1ccccc1)c(=O)n2-c1ccccc1. The van der Waals surface area contributed by atoms with Crippen LogP contribution in [-0.2, 0) is 13.1 Å². The van der Waals surface area contributed by atoms with Gasteiger partial charge in [-0.25, -0.2) is 14.3 Å². The molecule has 0 atom stereocenters. The first-order chi connectivity index (χ1) is 16.2. The first kappa shape index (κ1) is 20.5. The van der Waals surface area contributed by atoms with E-state index < -0.39 is 5.69 Å². The van der Waals surface area contributed by atoms with Crippen LogP contribution >= 0.6 is 0 Å². The Balaban J connectivity index is 1.76. The van der Waals surface area contributed by atoms with E-state index in [9.17, 15) is 9.59 Å². The molecule has 0 N–H and O–H groups in total. The lowest BCUT2D eigenvalue weighted by molar-refractivity contribution is 0.408. The Hall–Kier alpha value is -4.39. The van der Waals surface area contributed by atoms with Crippen LogP contribution in [0.3, 0.4) is 0 Å². The van der Waals surface area contributed by atoms with Gasteiger partial charge >= 0.3 is 5.69 Å². The summed E-state index contributed by atoms with van der Waals surface area (Å²) in [6, 6.07) is 26.4. The van der Waals surface area contributed by atoms with Gasteiger partial charge in [0.1, 0.15) is 5.75 Å². The second kappa shape index (κ2) is 8.63. The third kappa shape index (κ3) is 3.74. The summed E-state index contributed by atoms with van der Waals surface area (Å²) in [5.41, 5.74) is 2.31. The van der Waals surface area contributed by atoms with Gasteiger partial charge in [0.05, 0.1) is 32.2 Å². The van der Waals surface area contributed by atoms with Crippen molar-refractivity contribution in [2.45, 2.75) is 13.1 Å². The summed E-state index contributed by atoms with van der Waals surface area (Å²) in [7, 11) is 1.62. The number of rotatable bonds is 6. The van der Waals surface area contributed by atoms with E-state index in [1.807, 2.05) is 84.9 Å². The van der Waals surface area contributed by atoms with Gasteiger partial charge in [0.2, 0.25) is 0 Å². The molecule has 0 unspecified atom stereocenters. The van der Waals surface area contributed by atoms with E-state index in [1.165, 1.54) is 9.13 Å². The summed E-state index contributed by atoms with van der Waals surface area (Å²) >= 11 is 0. The largest absolute Gasteiger partial charge is 0.496 e. The van der Waals surface area contributed by atoms with E-state index in [1.54, 1.807) is 18.0 Å². The molecule has 5 rings (SSSR count). The van der Waals surface area contributed by atoms with Gasteiger partial charge < -0.3 is 9.30 Å². The highest BCUT2D eigenvalue weighted by atomic mass is 16.5. The van der Waals surface area contributed by atoms with Crippen molar-refractivity contribution < 1.29 is 4.74 Å². The molecular weight excluding hydrogens is 416 g/mol. The van der Waals surface area contributed by atoms with E-state index in [0.717, 1.165) is 16.9 Å². The summed E-state index contributed by atoms with van der Waals surface area (Å²) in [6.45, 7) is 0.551. The van der Waals surface area contributed by atoms with Crippen LogP contribution in [0, 0.1) is 0 Å². The van der Waals surface area contributed by atoms with Crippen molar-refractivity contribution in [1.29, 1.82) is 0 Å². The molecule has 0 saturated carbocycles. The van der Waals surface area contributed by atoms with Crippen LogP contribution < -0.4 is 16.0 Å². The van der Waals surface area contributed by atoms with Crippen molar-refractivity contribution in [1.82, 2.24) is 18.7 Å². The second-order valence-corrected chi connectivity index (χ2v) is 7.69. The molecule has 7 heteroatoms. The fraction of sp³-hybridized carbons (Fsp3) is 0.115. The van der Waals surface area contributed by atoms with Crippen LogP contribution in [0.4, 0.5) is 0 Å². The number of imidazole rings is 1. The van der Waals surface area contributed by atoms with Crippen molar-refractivity contribution in [2.75, 3.05) is 7.11 Å². The fourth-order valence-corrected chi connectivity index (χ4v) is 4.03. The Morgan fingerprint density at radius 3 is 2.21 bits per heavy atom. The quantitative estimate of drug-likeness (QED) is 0.407. The average molecular weight is 438 g/mol. The Morgan fingerprint density at radius 2 is 1.48 bits per heavy atom. The van der Waals surface area contributed by atoms with Crippen LogP contribution in [-0.4, -0.2) is 25.8 Å². The van der Waals surface area contributed by atoms with Crippen molar-refractivity contribution in [2.24, 2.45) is 0 Å². The minimum absolute atomic E-state index is 0.168. The number of hydrogen-bond donors (Lipinski definition) is 0. The lowest BCUT2D eigenvalue weighted by Crippen LogP contribution is -2.40. The smallest absolute Gasteiger partial charge is 0.337 e. The zero-order valence-corrected chi connectivity index (χ0v) is 18.1. The number of nitrogens with zero attached hydrogens (tertiary/aromatic N) is 4. The minimum atomic E-state index is -0.426. The fourth-order valence-electron chi connectivity index (χ4n) is 4.03. The monoisotopic (exact) mass is 438 g/mol. The summed E-state index contributed by atoms with van der Waals surface area (Å²) in [5, 5.41) is 0. The van der Waals surface area contributed by atoms with Crippen molar-refractivity contribution in [3.05, 3.63) is 123 Å². The van der Waals surface area contributed by atoms with Crippen LogP contribution in [0.25, 0.3) is 16.9 Å². The van der Waals surface area contributed by atoms with Crippen LogP contribution in [0.5, 0.6) is 5.75 Å². The van der Waals surface area contributed by atoms with Crippen molar-refractivity contribution in [3.8, 4) is 11.4 Å². The van der Waals surface area contributed by atoms with Crippen LogP contribution in [0.1, 0.15) is 11.1 Å². The normalized spacial score (nSPS) is 11.1. The molecule has 5 aromatic rings. The zero-order valence-electron chi connectivity index (χ0n) is 18.1. The van der Waals surface area contributed by atoms with E-state index >= 15 is 0 Å². The molecule has 2 aromatic heterocycles. The molecule has 0 bridgehead atoms. The topological polar surface area (TPSA) is 71.1 Å².